The van der Waals surface area contributed by atoms with Gasteiger partial charge in [-0.2, -0.15) is 5.26 Å². The Hall–Kier alpha value is -1.10. The maximum Gasteiger partial charge on any atom is 0.330 e. The number of halogens is 1. The van der Waals surface area contributed by atoms with Crippen molar-refractivity contribution >= 4 is 22.6 Å². The summed E-state index contributed by atoms with van der Waals surface area (Å²) in [6.45, 7) is 0.379. The number of nitrogens with zero attached hydrogens (tertiary/aromatic N) is 3. The molecule has 6 heteroatoms. The smallest absolute Gasteiger partial charge is 0.302 e. The number of hydrogen-bond acceptors (Lipinski definition) is 3. The standard InChI is InChI=1S/C10H12IN3O2/c1-13-7-8(11)9(15)14(10(13)16)6-4-2-3-5-12/h7H,2-4,6H2,1H3. The Labute approximate surface area is 106 Å². The molecule has 0 unspecified atom stereocenters. The van der Waals surface area contributed by atoms with Gasteiger partial charge in [0, 0.05) is 26.2 Å². The number of hydrogen-bond donors (Lipinski definition) is 0. The molecule has 1 aromatic rings. The van der Waals surface area contributed by atoms with Gasteiger partial charge in [-0.15, -0.1) is 0 Å². The normalized spacial score (nSPS) is 10.1. The molecule has 5 nitrogen and oxygen atoms in total. The molecule has 0 fully saturated rings. The minimum absolute atomic E-state index is 0.249. The molecule has 1 rings (SSSR count). The largest absolute Gasteiger partial charge is 0.330 e. The van der Waals surface area contributed by atoms with E-state index in [-0.39, 0.29) is 11.2 Å². The first kappa shape index (κ1) is 13.0. The zero-order valence-corrected chi connectivity index (χ0v) is 11.1. The molecule has 1 aromatic heterocycles. The summed E-state index contributed by atoms with van der Waals surface area (Å²) in [5, 5.41) is 8.38. The van der Waals surface area contributed by atoms with Crippen molar-refractivity contribution in [3.8, 4) is 6.07 Å². The van der Waals surface area contributed by atoms with Crippen molar-refractivity contribution in [3.05, 3.63) is 30.6 Å². The maximum atomic E-state index is 11.7. The molecule has 0 aliphatic carbocycles. The summed E-state index contributed by atoms with van der Waals surface area (Å²) in [4.78, 5) is 23.3. The van der Waals surface area contributed by atoms with Gasteiger partial charge in [-0.05, 0) is 35.4 Å². The quantitative estimate of drug-likeness (QED) is 0.606. The number of aromatic nitrogens is 2. The summed E-state index contributed by atoms with van der Waals surface area (Å²) in [5.74, 6) is 0. The average Bonchev–Trinajstić information content (AvgIpc) is 2.25. The van der Waals surface area contributed by atoms with Crippen LogP contribution < -0.4 is 11.2 Å². The van der Waals surface area contributed by atoms with Gasteiger partial charge < -0.3 is 4.57 Å². The van der Waals surface area contributed by atoms with Crippen molar-refractivity contribution < 1.29 is 0 Å². The first-order valence-corrected chi connectivity index (χ1v) is 5.98. The molecule has 16 heavy (non-hydrogen) atoms. The van der Waals surface area contributed by atoms with Crippen LogP contribution in [0.25, 0.3) is 0 Å². The van der Waals surface area contributed by atoms with Crippen molar-refractivity contribution in [1.29, 1.82) is 5.26 Å². The number of unbranched alkanes of at least 4 members (excludes halogenated alkanes) is 2. The van der Waals surface area contributed by atoms with Crippen LogP contribution in [0.2, 0.25) is 0 Å². The second kappa shape index (κ2) is 5.84. The summed E-state index contributed by atoms with van der Waals surface area (Å²) in [6.07, 6.45) is 3.36. The molecular weight excluding hydrogens is 321 g/mol. The van der Waals surface area contributed by atoms with Crippen molar-refractivity contribution in [2.45, 2.75) is 25.8 Å². The average molecular weight is 333 g/mol. The van der Waals surface area contributed by atoms with E-state index in [9.17, 15) is 9.59 Å². The van der Waals surface area contributed by atoms with Gasteiger partial charge in [0.25, 0.3) is 5.56 Å². The third-order valence-electron chi connectivity index (χ3n) is 2.21. The Morgan fingerprint density at radius 2 is 2.12 bits per heavy atom. The van der Waals surface area contributed by atoms with E-state index in [0.717, 1.165) is 0 Å². The fourth-order valence-corrected chi connectivity index (χ4v) is 2.07. The molecule has 0 saturated carbocycles. The van der Waals surface area contributed by atoms with E-state index in [4.69, 9.17) is 5.26 Å². The van der Waals surface area contributed by atoms with Crippen molar-refractivity contribution in [3.63, 3.8) is 0 Å². The van der Waals surface area contributed by atoms with E-state index < -0.39 is 0 Å². The minimum Gasteiger partial charge on any atom is -0.302 e. The molecule has 1 heterocycles. The number of nitriles is 1. The molecule has 0 bridgehead atoms. The molecule has 0 atom stereocenters. The van der Waals surface area contributed by atoms with Gasteiger partial charge in [-0.3, -0.25) is 9.36 Å². The SMILES string of the molecule is Cn1cc(I)c(=O)n(CCCCC#N)c1=O. The van der Waals surface area contributed by atoms with Crippen LogP contribution in [-0.4, -0.2) is 9.13 Å². The molecule has 0 aliphatic rings. The second-order valence-corrected chi connectivity index (χ2v) is 4.60. The lowest BCUT2D eigenvalue weighted by Gasteiger charge is -2.06. The van der Waals surface area contributed by atoms with Crippen LogP contribution in [0, 0.1) is 14.9 Å². The summed E-state index contributed by atoms with van der Waals surface area (Å²) in [7, 11) is 1.62. The third kappa shape index (κ3) is 2.95. The summed E-state index contributed by atoms with van der Waals surface area (Å²) >= 11 is 1.92. The highest BCUT2D eigenvalue weighted by Gasteiger charge is 2.06. The molecule has 0 aromatic carbocycles. The first-order chi connectivity index (χ1) is 7.57. The predicted octanol–water partition coefficient (Wildman–Crippen LogP) is 0.845. The zero-order valence-electron chi connectivity index (χ0n) is 8.94. The van der Waals surface area contributed by atoms with Gasteiger partial charge in [-0.25, -0.2) is 4.79 Å². The van der Waals surface area contributed by atoms with E-state index >= 15 is 0 Å². The molecule has 0 spiro atoms. The molecule has 0 amide bonds. The van der Waals surface area contributed by atoms with Crippen LogP contribution in [0.15, 0.2) is 15.8 Å². The summed E-state index contributed by atoms with van der Waals surface area (Å²) < 4.78 is 3.15. The van der Waals surface area contributed by atoms with E-state index in [1.54, 1.807) is 7.05 Å². The highest BCUT2D eigenvalue weighted by Crippen LogP contribution is 1.97. The number of aryl methyl sites for hydroxylation is 1. The van der Waals surface area contributed by atoms with Crippen LogP contribution in [0.3, 0.4) is 0 Å². The monoisotopic (exact) mass is 333 g/mol. The maximum absolute atomic E-state index is 11.7. The van der Waals surface area contributed by atoms with Crippen molar-refractivity contribution in [2.24, 2.45) is 7.05 Å². The van der Waals surface area contributed by atoms with Gasteiger partial charge in [0.2, 0.25) is 0 Å². The van der Waals surface area contributed by atoms with Crippen molar-refractivity contribution in [1.82, 2.24) is 9.13 Å². The van der Waals surface area contributed by atoms with Gasteiger partial charge in [0.15, 0.2) is 0 Å². The van der Waals surface area contributed by atoms with Crippen molar-refractivity contribution in [2.75, 3.05) is 0 Å². The lowest BCUT2D eigenvalue weighted by atomic mass is 10.2. The third-order valence-corrected chi connectivity index (χ3v) is 2.95. The van der Waals surface area contributed by atoms with E-state index in [1.165, 1.54) is 15.3 Å². The predicted molar refractivity (Wildman–Crippen MR) is 68.1 cm³/mol. The highest BCUT2D eigenvalue weighted by molar-refractivity contribution is 14.1. The second-order valence-electron chi connectivity index (χ2n) is 3.44. The Balaban J connectivity index is 2.92. The Kier molecular flexibility index (Phi) is 4.73. The van der Waals surface area contributed by atoms with Crippen LogP contribution in [0.5, 0.6) is 0 Å². The molecule has 0 radical (unpaired) electrons. The Bertz CT molecular complexity index is 490. The van der Waals surface area contributed by atoms with Crippen LogP contribution >= 0.6 is 22.6 Å². The van der Waals surface area contributed by atoms with Gasteiger partial charge in [-0.1, -0.05) is 0 Å². The van der Waals surface area contributed by atoms with E-state index in [0.29, 0.717) is 29.4 Å². The molecule has 0 aliphatic heterocycles. The zero-order chi connectivity index (χ0) is 12.1. The molecule has 86 valence electrons. The fourth-order valence-electron chi connectivity index (χ4n) is 1.36. The highest BCUT2D eigenvalue weighted by atomic mass is 127. The van der Waals surface area contributed by atoms with E-state index in [2.05, 4.69) is 0 Å². The fraction of sp³-hybridized carbons (Fsp3) is 0.500. The molecular formula is C10H12IN3O2. The van der Waals surface area contributed by atoms with Gasteiger partial charge in [0.1, 0.15) is 0 Å². The molecule has 0 saturated heterocycles. The lowest BCUT2D eigenvalue weighted by Crippen LogP contribution is -2.39. The topological polar surface area (TPSA) is 67.8 Å². The van der Waals surface area contributed by atoms with Gasteiger partial charge >= 0.3 is 5.69 Å². The summed E-state index contributed by atoms with van der Waals surface area (Å²) in [5.41, 5.74) is -0.553. The lowest BCUT2D eigenvalue weighted by molar-refractivity contribution is 0.546. The van der Waals surface area contributed by atoms with Crippen LogP contribution in [0.4, 0.5) is 0 Å². The van der Waals surface area contributed by atoms with Gasteiger partial charge in [0.05, 0.1) is 9.64 Å². The van der Waals surface area contributed by atoms with Crippen LogP contribution in [0.1, 0.15) is 19.3 Å². The first-order valence-electron chi connectivity index (χ1n) is 4.91. The van der Waals surface area contributed by atoms with E-state index in [1.807, 2.05) is 28.7 Å². The summed E-state index contributed by atoms with van der Waals surface area (Å²) in [6, 6.07) is 2.03. The number of rotatable bonds is 4. The Morgan fingerprint density at radius 1 is 1.44 bits per heavy atom. The van der Waals surface area contributed by atoms with Crippen LogP contribution in [-0.2, 0) is 13.6 Å². The molecule has 0 N–H and O–H groups in total. The minimum atomic E-state index is -0.303. The Morgan fingerprint density at radius 3 is 2.75 bits per heavy atom.